The van der Waals surface area contributed by atoms with Crippen molar-refractivity contribution >= 4 is 0 Å². The predicted octanol–water partition coefficient (Wildman–Crippen LogP) is 2.54. The fraction of sp³-hybridized carbons (Fsp3) is 0.692. The monoisotopic (exact) mass is 223 g/mol. The third kappa shape index (κ3) is 2.86. The first-order chi connectivity index (χ1) is 7.65. The lowest BCUT2D eigenvalue weighted by molar-refractivity contribution is 0.108. The summed E-state index contributed by atoms with van der Waals surface area (Å²) in [5, 5.41) is 13.1. The van der Waals surface area contributed by atoms with E-state index in [-0.39, 0.29) is 12.1 Å². The van der Waals surface area contributed by atoms with E-state index in [9.17, 15) is 5.11 Å². The maximum Gasteiger partial charge on any atom is 0.120 e. The minimum Gasteiger partial charge on any atom is -0.465 e. The maximum atomic E-state index is 9.60. The Morgan fingerprint density at radius 3 is 2.88 bits per heavy atom. The smallest absolute Gasteiger partial charge is 0.120 e. The van der Waals surface area contributed by atoms with E-state index in [1.54, 1.807) is 0 Å². The molecule has 0 aromatic carbocycles. The molecule has 3 atom stereocenters. The van der Waals surface area contributed by atoms with Crippen molar-refractivity contribution in [1.82, 2.24) is 5.32 Å². The summed E-state index contributed by atoms with van der Waals surface area (Å²) in [6, 6.07) is 4.66. The van der Waals surface area contributed by atoms with E-state index >= 15 is 0 Å². The molecule has 90 valence electrons. The summed E-state index contributed by atoms with van der Waals surface area (Å²) in [6.45, 7) is 4.07. The molecule has 0 saturated heterocycles. The van der Waals surface area contributed by atoms with Gasteiger partial charge in [0.1, 0.15) is 11.5 Å². The van der Waals surface area contributed by atoms with E-state index < -0.39 is 0 Å². The molecule has 1 aromatic heterocycles. The first kappa shape index (κ1) is 11.7. The summed E-state index contributed by atoms with van der Waals surface area (Å²) < 4.78 is 5.59. The van der Waals surface area contributed by atoms with E-state index in [0.717, 1.165) is 37.2 Å². The van der Waals surface area contributed by atoms with Crippen molar-refractivity contribution in [2.24, 2.45) is 0 Å². The average molecular weight is 223 g/mol. The summed E-state index contributed by atoms with van der Waals surface area (Å²) in [7, 11) is 0. The van der Waals surface area contributed by atoms with E-state index in [4.69, 9.17) is 4.42 Å². The van der Waals surface area contributed by atoms with Crippen LogP contribution in [0.4, 0.5) is 0 Å². The molecule has 0 radical (unpaired) electrons. The van der Waals surface area contributed by atoms with Gasteiger partial charge in [-0.15, -0.1) is 0 Å². The lowest BCUT2D eigenvalue weighted by Crippen LogP contribution is -2.37. The molecule has 0 bridgehead atoms. The molecular weight excluding hydrogens is 202 g/mol. The van der Waals surface area contributed by atoms with E-state index in [1.165, 1.54) is 0 Å². The number of nitrogens with one attached hydrogen (secondary N) is 1. The van der Waals surface area contributed by atoms with Crippen molar-refractivity contribution in [3.05, 3.63) is 23.7 Å². The number of aliphatic hydroxyl groups excluding tert-OH is 1. The molecule has 3 heteroatoms. The van der Waals surface area contributed by atoms with Crippen LogP contribution in [0.5, 0.6) is 0 Å². The Balaban J connectivity index is 1.89. The van der Waals surface area contributed by atoms with Crippen LogP contribution in [0.2, 0.25) is 0 Å². The molecular formula is C13H21NO2. The molecule has 3 nitrogen and oxygen atoms in total. The fourth-order valence-electron chi connectivity index (χ4n) is 2.44. The summed E-state index contributed by atoms with van der Waals surface area (Å²) in [5.41, 5.74) is 0. The van der Waals surface area contributed by atoms with Gasteiger partial charge in [0.15, 0.2) is 0 Å². The van der Waals surface area contributed by atoms with Gasteiger partial charge in [-0.25, -0.2) is 0 Å². The molecule has 0 amide bonds. The van der Waals surface area contributed by atoms with Crippen LogP contribution in [0.25, 0.3) is 0 Å². The first-order valence-electron chi connectivity index (χ1n) is 6.15. The highest BCUT2D eigenvalue weighted by atomic mass is 16.3. The van der Waals surface area contributed by atoms with Gasteiger partial charge >= 0.3 is 0 Å². The molecule has 16 heavy (non-hydrogen) atoms. The van der Waals surface area contributed by atoms with Crippen LogP contribution in [0, 0.1) is 6.92 Å². The Morgan fingerprint density at radius 2 is 2.25 bits per heavy atom. The second-order valence-electron chi connectivity index (χ2n) is 4.85. The van der Waals surface area contributed by atoms with Gasteiger partial charge < -0.3 is 14.8 Å². The van der Waals surface area contributed by atoms with Crippen LogP contribution in [-0.2, 0) is 0 Å². The molecule has 0 spiro atoms. The van der Waals surface area contributed by atoms with Crippen molar-refractivity contribution in [3.63, 3.8) is 0 Å². The Morgan fingerprint density at radius 1 is 1.44 bits per heavy atom. The molecule has 1 aliphatic rings. The van der Waals surface area contributed by atoms with Crippen LogP contribution < -0.4 is 5.32 Å². The van der Waals surface area contributed by atoms with Gasteiger partial charge in [0.05, 0.1) is 12.1 Å². The minimum absolute atomic E-state index is 0.128. The molecule has 1 saturated carbocycles. The molecule has 0 aliphatic heterocycles. The minimum atomic E-state index is -0.128. The Bertz CT molecular complexity index is 334. The van der Waals surface area contributed by atoms with Crippen LogP contribution in [0.1, 0.15) is 50.2 Å². The van der Waals surface area contributed by atoms with Gasteiger partial charge in [-0.2, -0.15) is 0 Å². The molecule has 2 rings (SSSR count). The number of aryl methyl sites for hydroxylation is 1. The predicted molar refractivity (Wildman–Crippen MR) is 63.3 cm³/mol. The van der Waals surface area contributed by atoms with Gasteiger partial charge in [0.25, 0.3) is 0 Å². The second-order valence-corrected chi connectivity index (χ2v) is 4.85. The lowest BCUT2D eigenvalue weighted by atomic mass is 9.92. The normalized spacial score (nSPS) is 27.9. The number of aliphatic hydroxyl groups is 1. The van der Waals surface area contributed by atoms with Crippen LogP contribution in [0.3, 0.4) is 0 Å². The lowest BCUT2D eigenvalue weighted by Gasteiger charge is -2.28. The Hall–Kier alpha value is -0.800. The number of hydrogen-bond acceptors (Lipinski definition) is 3. The highest BCUT2D eigenvalue weighted by Crippen LogP contribution is 2.22. The van der Waals surface area contributed by atoms with Gasteiger partial charge in [-0.05, 0) is 51.7 Å². The summed E-state index contributed by atoms with van der Waals surface area (Å²) >= 11 is 0. The van der Waals surface area contributed by atoms with Crippen molar-refractivity contribution in [2.75, 3.05) is 0 Å². The number of furan rings is 1. The van der Waals surface area contributed by atoms with Crippen molar-refractivity contribution in [3.8, 4) is 0 Å². The van der Waals surface area contributed by atoms with Crippen LogP contribution >= 0.6 is 0 Å². The molecule has 1 aliphatic carbocycles. The van der Waals surface area contributed by atoms with Gasteiger partial charge in [-0.3, -0.25) is 0 Å². The van der Waals surface area contributed by atoms with E-state index in [1.807, 2.05) is 19.1 Å². The zero-order chi connectivity index (χ0) is 11.5. The summed E-state index contributed by atoms with van der Waals surface area (Å²) in [4.78, 5) is 0. The average Bonchev–Trinajstić information content (AvgIpc) is 2.65. The SMILES string of the molecule is Cc1ccc(C(C)NC2CCCC(O)C2)o1. The molecule has 1 heterocycles. The summed E-state index contributed by atoms with van der Waals surface area (Å²) in [5.74, 6) is 1.94. The topological polar surface area (TPSA) is 45.4 Å². The number of rotatable bonds is 3. The first-order valence-corrected chi connectivity index (χ1v) is 6.15. The zero-order valence-corrected chi connectivity index (χ0v) is 10.1. The second kappa shape index (κ2) is 5.02. The maximum absolute atomic E-state index is 9.60. The number of hydrogen-bond donors (Lipinski definition) is 2. The molecule has 1 aromatic rings. The zero-order valence-electron chi connectivity index (χ0n) is 10.1. The molecule has 1 fully saturated rings. The van der Waals surface area contributed by atoms with Crippen LogP contribution in [0.15, 0.2) is 16.5 Å². The molecule has 3 unspecified atom stereocenters. The highest BCUT2D eigenvalue weighted by Gasteiger charge is 2.22. The third-order valence-electron chi connectivity index (χ3n) is 3.32. The van der Waals surface area contributed by atoms with Crippen molar-refractivity contribution in [2.45, 2.75) is 57.7 Å². The standard InChI is InChI=1S/C13H21NO2/c1-9-6-7-13(16-9)10(2)14-11-4-3-5-12(15)8-11/h6-7,10-12,14-15H,3-5,8H2,1-2H3. The quantitative estimate of drug-likeness (QED) is 0.827. The fourth-order valence-corrected chi connectivity index (χ4v) is 2.44. The Labute approximate surface area is 96.8 Å². The Kier molecular flexibility index (Phi) is 3.66. The van der Waals surface area contributed by atoms with Gasteiger partial charge in [0, 0.05) is 6.04 Å². The van der Waals surface area contributed by atoms with Crippen molar-refractivity contribution < 1.29 is 9.52 Å². The van der Waals surface area contributed by atoms with Crippen LogP contribution in [-0.4, -0.2) is 17.3 Å². The van der Waals surface area contributed by atoms with Gasteiger partial charge in [0.2, 0.25) is 0 Å². The van der Waals surface area contributed by atoms with E-state index in [2.05, 4.69) is 12.2 Å². The third-order valence-corrected chi connectivity index (χ3v) is 3.32. The highest BCUT2D eigenvalue weighted by molar-refractivity contribution is 5.09. The summed E-state index contributed by atoms with van der Waals surface area (Å²) in [6.07, 6.45) is 3.96. The van der Waals surface area contributed by atoms with Crippen molar-refractivity contribution in [1.29, 1.82) is 0 Å². The van der Waals surface area contributed by atoms with E-state index in [0.29, 0.717) is 6.04 Å². The largest absolute Gasteiger partial charge is 0.465 e. The van der Waals surface area contributed by atoms with Gasteiger partial charge in [-0.1, -0.05) is 0 Å². The molecule has 2 N–H and O–H groups in total.